The van der Waals surface area contributed by atoms with Gasteiger partial charge in [0.25, 0.3) is 11.1 Å². The highest BCUT2D eigenvalue weighted by molar-refractivity contribution is 7.16. The number of hydrogen-bond acceptors (Lipinski definition) is 4. The van der Waals surface area contributed by atoms with E-state index in [4.69, 9.17) is 4.74 Å². The predicted molar refractivity (Wildman–Crippen MR) is 89.9 cm³/mol. The van der Waals surface area contributed by atoms with Crippen molar-refractivity contribution in [2.75, 3.05) is 7.11 Å². The number of benzene rings is 2. The molecule has 0 bridgehead atoms. The van der Waals surface area contributed by atoms with Crippen LogP contribution in [0.15, 0.2) is 58.1 Å². The topological polar surface area (TPSA) is 64.1 Å². The minimum atomic E-state index is -0.336. The molecule has 23 heavy (non-hydrogen) atoms. The van der Waals surface area contributed by atoms with E-state index >= 15 is 0 Å². The molecule has 0 aliphatic carbocycles. The van der Waals surface area contributed by atoms with Crippen LogP contribution in [0, 0.1) is 9.88 Å². The van der Waals surface area contributed by atoms with E-state index in [1.807, 2.05) is 24.3 Å². The predicted octanol–water partition coefficient (Wildman–Crippen LogP) is 2.47. The van der Waals surface area contributed by atoms with Crippen LogP contribution in [0.4, 0.5) is 0 Å². The first-order chi connectivity index (χ1) is 11.2. The first-order valence-electron chi connectivity index (χ1n) is 7.00. The van der Waals surface area contributed by atoms with Crippen molar-refractivity contribution in [1.29, 1.82) is 0 Å². The number of fused-ring (bicyclic) bond motifs is 1. The summed E-state index contributed by atoms with van der Waals surface area (Å²) in [7, 11) is 1.57. The molecule has 2 aliphatic heterocycles. The van der Waals surface area contributed by atoms with Crippen LogP contribution < -0.4 is 15.9 Å². The molecule has 6 heteroatoms. The van der Waals surface area contributed by atoms with Crippen LogP contribution in [0.3, 0.4) is 0 Å². The van der Waals surface area contributed by atoms with Gasteiger partial charge in [0.1, 0.15) is 15.6 Å². The van der Waals surface area contributed by atoms with Gasteiger partial charge in [-0.2, -0.15) is 0 Å². The van der Waals surface area contributed by atoms with Crippen LogP contribution in [-0.4, -0.2) is 16.7 Å². The Balaban J connectivity index is 2.07. The quantitative estimate of drug-likeness (QED) is 0.616. The lowest BCUT2D eigenvalue weighted by Crippen LogP contribution is -2.24. The van der Waals surface area contributed by atoms with Gasteiger partial charge in [0.05, 0.1) is 23.0 Å². The van der Waals surface area contributed by atoms with Gasteiger partial charge in [-0.15, -0.1) is 11.3 Å². The minimum absolute atomic E-state index is 0.304. The number of hydrogen-bond donors (Lipinski definition) is 1. The lowest BCUT2D eigenvalue weighted by molar-refractivity contribution is 0.414. The molecule has 0 atom stereocenters. The van der Waals surface area contributed by atoms with Gasteiger partial charge in [0.15, 0.2) is 0 Å². The van der Waals surface area contributed by atoms with Gasteiger partial charge in [-0.3, -0.25) is 9.59 Å². The molecule has 0 fully saturated rings. The molecule has 1 N–H and O–H groups in total. The zero-order valence-corrected chi connectivity index (χ0v) is 13.0. The fourth-order valence-electron chi connectivity index (χ4n) is 2.58. The highest BCUT2D eigenvalue weighted by Crippen LogP contribution is 2.17. The molecule has 2 heterocycles. The Morgan fingerprint density at radius 3 is 2.48 bits per heavy atom. The molecule has 4 rings (SSSR count). The molecule has 2 aliphatic rings. The summed E-state index contributed by atoms with van der Waals surface area (Å²) in [5.41, 5.74) is 0.731. The Morgan fingerprint density at radius 1 is 1.00 bits per heavy atom. The summed E-state index contributed by atoms with van der Waals surface area (Å²) in [6, 6.07) is 14.5. The van der Waals surface area contributed by atoms with Crippen molar-refractivity contribution < 1.29 is 4.74 Å². The molecular formula is C17H12N2O3S. The fourth-order valence-corrected chi connectivity index (χ4v) is 3.60. The number of aromatic amines is 1. The summed E-state index contributed by atoms with van der Waals surface area (Å²) in [6.07, 6.45) is 0. The third-order valence-electron chi connectivity index (χ3n) is 3.73. The number of H-pyrrole nitrogens is 1. The average Bonchev–Trinajstić information content (AvgIpc) is 2.84. The highest BCUT2D eigenvalue weighted by Gasteiger charge is 2.13. The molecule has 0 spiro atoms. The maximum absolute atomic E-state index is 12.7. The van der Waals surface area contributed by atoms with Crippen molar-refractivity contribution in [3.63, 3.8) is 0 Å². The van der Waals surface area contributed by atoms with Crippen LogP contribution in [0.1, 0.15) is 0 Å². The molecule has 0 saturated carbocycles. The Hall–Kier alpha value is -2.86. The van der Waals surface area contributed by atoms with Gasteiger partial charge >= 0.3 is 0 Å². The zero-order valence-electron chi connectivity index (χ0n) is 12.2. The smallest absolute Gasteiger partial charge is 0.283 e. The van der Waals surface area contributed by atoms with Gasteiger partial charge < -0.3 is 9.72 Å². The summed E-state index contributed by atoms with van der Waals surface area (Å²) in [4.78, 5) is 28.4. The standard InChI is InChI=1S/C17H12N2O3S/c1-22-11-8-6-10(7-9-11)19-16(20)14-15(17(19)21)23-13-5-3-2-4-12(13)18-14/h2-9,18H,1H3. The van der Waals surface area contributed by atoms with Gasteiger partial charge in [-0.1, -0.05) is 12.1 Å². The molecular weight excluding hydrogens is 312 g/mol. The summed E-state index contributed by atoms with van der Waals surface area (Å²) in [5, 5.41) is 0.342. The average molecular weight is 324 g/mol. The van der Waals surface area contributed by atoms with Gasteiger partial charge in [-0.05, 0) is 36.4 Å². The van der Waals surface area contributed by atoms with Crippen molar-refractivity contribution in [3.8, 4) is 11.4 Å². The first kappa shape index (κ1) is 13.8. The number of nitrogens with one attached hydrogen (secondary N) is 1. The first-order valence-corrected chi connectivity index (χ1v) is 7.81. The normalized spacial score (nSPS) is 11.2. The van der Waals surface area contributed by atoms with Crippen LogP contribution >= 0.6 is 11.3 Å². The van der Waals surface area contributed by atoms with Gasteiger partial charge in [0.2, 0.25) is 0 Å². The second-order valence-electron chi connectivity index (χ2n) is 5.07. The second-order valence-corrected chi connectivity index (χ2v) is 6.12. The Morgan fingerprint density at radius 2 is 1.74 bits per heavy atom. The molecule has 0 amide bonds. The molecule has 0 radical (unpaired) electrons. The Bertz CT molecular complexity index is 1120. The van der Waals surface area contributed by atoms with Gasteiger partial charge in [-0.25, -0.2) is 4.57 Å². The number of rotatable bonds is 2. The second kappa shape index (κ2) is 5.10. The van der Waals surface area contributed by atoms with E-state index in [2.05, 4.69) is 4.98 Å². The van der Waals surface area contributed by atoms with Crippen LogP contribution in [0.5, 0.6) is 5.75 Å². The summed E-state index contributed by atoms with van der Waals surface area (Å²) in [6.45, 7) is 0. The summed E-state index contributed by atoms with van der Waals surface area (Å²) < 4.78 is 7.67. The molecule has 0 saturated heterocycles. The van der Waals surface area contributed by atoms with Crippen molar-refractivity contribution >= 4 is 21.6 Å². The van der Waals surface area contributed by atoms with Crippen molar-refractivity contribution in [1.82, 2.24) is 9.55 Å². The van der Waals surface area contributed by atoms with E-state index < -0.39 is 0 Å². The molecule has 2 aromatic carbocycles. The van der Waals surface area contributed by atoms with Crippen LogP contribution in [0.25, 0.3) is 15.9 Å². The van der Waals surface area contributed by atoms with Gasteiger partial charge in [0, 0.05) is 0 Å². The maximum Gasteiger partial charge on any atom is 0.283 e. The van der Waals surface area contributed by atoms with Crippen molar-refractivity contribution in [2.45, 2.75) is 0 Å². The summed E-state index contributed by atoms with van der Waals surface area (Å²) in [5.74, 6) is 0.672. The fraction of sp³-hybridized carbons (Fsp3) is 0.0588. The van der Waals surface area contributed by atoms with Crippen molar-refractivity contribution in [3.05, 3.63) is 79.1 Å². The zero-order chi connectivity index (χ0) is 16.0. The number of para-hydroxylation sites is 1. The minimum Gasteiger partial charge on any atom is -0.497 e. The van der Waals surface area contributed by atoms with E-state index in [1.165, 1.54) is 15.9 Å². The van der Waals surface area contributed by atoms with E-state index in [-0.39, 0.29) is 11.1 Å². The molecule has 5 nitrogen and oxygen atoms in total. The van der Waals surface area contributed by atoms with E-state index in [1.54, 1.807) is 31.4 Å². The molecule has 0 unspecified atom stereocenters. The monoisotopic (exact) mass is 324 g/mol. The summed E-state index contributed by atoms with van der Waals surface area (Å²) >= 11 is 1.33. The van der Waals surface area contributed by atoms with E-state index in [0.29, 0.717) is 21.3 Å². The third kappa shape index (κ3) is 2.07. The highest BCUT2D eigenvalue weighted by atomic mass is 32.1. The molecule has 0 aromatic heterocycles. The molecule has 2 aromatic rings. The lowest BCUT2D eigenvalue weighted by atomic mass is 10.3. The SMILES string of the molecule is COc1ccc(-n2c(=O)c3[nH]c4ccccc4sc=3c2=O)cc1. The maximum atomic E-state index is 12.7. The number of ether oxygens (including phenoxy) is 1. The van der Waals surface area contributed by atoms with Crippen molar-refractivity contribution in [2.24, 2.45) is 0 Å². The van der Waals surface area contributed by atoms with E-state index in [9.17, 15) is 9.59 Å². The third-order valence-corrected chi connectivity index (χ3v) is 4.89. The van der Waals surface area contributed by atoms with Crippen LogP contribution in [-0.2, 0) is 0 Å². The lowest BCUT2D eigenvalue weighted by Gasteiger charge is -2.02. The molecule has 114 valence electrons. The van der Waals surface area contributed by atoms with Crippen LogP contribution in [0.2, 0.25) is 0 Å². The van der Waals surface area contributed by atoms with E-state index in [0.717, 1.165) is 10.2 Å². The Kier molecular flexibility index (Phi) is 3.06. The largest absolute Gasteiger partial charge is 0.497 e. The number of methoxy groups -OCH3 is 1. The number of aromatic nitrogens is 2. The Labute approximate surface area is 134 Å². The number of nitrogens with zero attached hydrogens (tertiary/aromatic N) is 1.